The van der Waals surface area contributed by atoms with Crippen LogP contribution in [0, 0.1) is 10.8 Å². The molecule has 5 heteroatoms. The third-order valence-electron chi connectivity index (χ3n) is 5.30. The minimum absolute atomic E-state index is 0.259. The number of hydrogen-bond acceptors (Lipinski definition) is 4. The van der Waals surface area contributed by atoms with Crippen LogP contribution in [0.4, 0.5) is 5.13 Å². The van der Waals surface area contributed by atoms with Crippen LogP contribution in [-0.2, 0) is 11.2 Å². The van der Waals surface area contributed by atoms with Crippen molar-refractivity contribution in [2.24, 2.45) is 10.8 Å². The molecule has 2 aliphatic carbocycles. The highest BCUT2D eigenvalue weighted by molar-refractivity contribution is 7.15. The summed E-state index contributed by atoms with van der Waals surface area (Å²) in [6, 6.07) is 0.412. The van der Waals surface area contributed by atoms with E-state index in [0.717, 1.165) is 22.1 Å². The molecule has 1 aromatic heterocycles. The Labute approximate surface area is 117 Å². The van der Waals surface area contributed by atoms with E-state index in [4.69, 9.17) is 0 Å². The van der Waals surface area contributed by atoms with Gasteiger partial charge in [-0.25, -0.2) is 4.98 Å². The standard InChI is InChI=1S/C14H20N2O2S/c1-13(2)11(14(13,3)4)16-12-15-9-7(10(17)18)5-6-8(9)19-12/h7,11H,5-6H2,1-4H3,(H,15,16)(H,17,18). The van der Waals surface area contributed by atoms with E-state index >= 15 is 0 Å². The first-order valence-corrected chi connectivity index (χ1v) is 7.55. The number of aromatic nitrogens is 1. The molecule has 0 aromatic carbocycles. The van der Waals surface area contributed by atoms with Crippen molar-refractivity contribution in [2.75, 3.05) is 5.32 Å². The molecule has 0 spiro atoms. The number of nitrogens with zero attached hydrogens (tertiary/aromatic N) is 1. The number of rotatable bonds is 3. The van der Waals surface area contributed by atoms with Crippen molar-refractivity contribution in [3.05, 3.63) is 10.6 Å². The molecule has 1 unspecified atom stereocenters. The van der Waals surface area contributed by atoms with E-state index in [2.05, 4.69) is 38.0 Å². The van der Waals surface area contributed by atoms with Gasteiger partial charge in [-0.05, 0) is 23.7 Å². The molecule has 0 bridgehead atoms. The van der Waals surface area contributed by atoms with E-state index < -0.39 is 11.9 Å². The second kappa shape index (κ2) is 3.72. The van der Waals surface area contributed by atoms with Gasteiger partial charge in [-0.3, -0.25) is 4.79 Å². The number of aryl methyl sites for hydroxylation is 1. The van der Waals surface area contributed by atoms with Crippen molar-refractivity contribution in [1.82, 2.24) is 4.98 Å². The molecule has 1 fully saturated rings. The molecule has 0 radical (unpaired) electrons. The summed E-state index contributed by atoms with van der Waals surface area (Å²) in [5.74, 6) is -1.15. The minimum Gasteiger partial charge on any atom is -0.481 e. The summed E-state index contributed by atoms with van der Waals surface area (Å²) in [7, 11) is 0. The maximum Gasteiger partial charge on any atom is 0.312 e. The highest BCUT2D eigenvalue weighted by atomic mass is 32.1. The number of carboxylic acids is 1. The number of fused-ring (bicyclic) bond motifs is 1. The second-order valence-corrected chi connectivity index (χ2v) is 7.86. The number of anilines is 1. The lowest BCUT2D eigenvalue weighted by atomic mass is 10.0. The zero-order valence-electron chi connectivity index (χ0n) is 11.8. The van der Waals surface area contributed by atoms with Gasteiger partial charge in [-0.1, -0.05) is 27.7 Å². The molecular weight excluding hydrogens is 260 g/mol. The second-order valence-electron chi connectivity index (χ2n) is 6.78. The van der Waals surface area contributed by atoms with Crippen LogP contribution in [0.2, 0.25) is 0 Å². The Morgan fingerprint density at radius 2 is 2.00 bits per heavy atom. The Morgan fingerprint density at radius 3 is 2.53 bits per heavy atom. The Hall–Kier alpha value is -1.10. The number of thiazole rings is 1. The molecule has 0 saturated heterocycles. The van der Waals surface area contributed by atoms with Crippen molar-refractivity contribution >= 4 is 22.4 Å². The Balaban J connectivity index is 1.79. The Bertz CT molecular complexity index is 534. The van der Waals surface area contributed by atoms with Crippen molar-refractivity contribution in [3.63, 3.8) is 0 Å². The fraction of sp³-hybridized carbons (Fsp3) is 0.714. The maximum atomic E-state index is 11.2. The number of nitrogens with one attached hydrogen (secondary N) is 1. The van der Waals surface area contributed by atoms with Crippen LogP contribution in [0.15, 0.2) is 0 Å². The van der Waals surface area contributed by atoms with Gasteiger partial charge in [0.2, 0.25) is 0 Å². The monoisotopic (exact) mass is 280 g/mol. The van der Waals surface area contributed by atoms with Crippen LogP contribution in [0.3, 0.4) is 0 Å². The fourth-order valence-corrected chi connectivity index (χ4v) is 4.28. The van der Waals surface area contributed by atoms with Crippen LogP contribution in [0.1, 0.15) is 50.6 Å². The largest absolute Gasteiger partial charge is 0.481 e. The van der Waals surface area contributed by atoms with Gasteiger partial charge in [0, 0.05) is 10.9 Å². The van der Waals surface area contributed by atoms with Crippen molar-refractivity contribution in [1.29, 1.82) is 0 Å². The molecule has 3 rings (SSSR count). The molecule has 1 atom stereocenters. The van der Waals surface area contributed by atoms with Crippen LogP contribution >= 0.6 is 11.3 Å². The molecule has 2 N–H and O–H groups in total. The lowest BCUT2D eigenvalue weighted by molar-refractivity contribution is -0.138. The molecule has 2 aliphatic rings. The first-order valence-electron chi connectivity index (χ1n) is 6.74. The summed E-state index contributed by atoms with van der Waals surface area (Å²) in [4.78, 5) is 16.8. The topological polar surface area (TPSA) is 62.2 Å². The molecule has 1 saturated carbocycles. The van der Waals surface area contributed by atoms with Crippen LogP contribution in [0.5, 0.6) is 0 Å². The average molecular weight is 280 g/mol. The molecule has 1 aromatic rings. The van der Waals surface area contributed by atoms with E-state index in [1.54, 1.807) is 11.3 Å². The Kier molecular flexibility index (Phi) is 2.53. The van der Waals surface area contributed by atoms with Crippen LogP contribution < -0.4 is 5.32 Å². The molecule has 19 heavy (non-hydrogen) atoms. The maximum absolute atomic E-state index is 11.2. The van der Waals surface area contributed by atoms with Gasteiger partial charge < -0.3 is 10.4 Å². The quantitative estimate of drug-likeness (QED) is 0.893. The zero-order valence-corrected chi connectivity index (χ0v) is 12.6. The van der Waals surface area contributed by atoms with E-state index in [-0.39, 0.29) is 10.8 Å². The van der Waals surface area contributed by atoms with E-state index in [1.165, 1.54) is 0 Å². The average Bonchev–Trinajstić information content (AvgIpc) is 2.69. The number of hydrogen-bond donors (Lipinski definition) is 2. The SMILES string of the molecule is CC1(C)C(Nc2nc3c(s2)CCC3C(=O)O)C1(C)C. The van der Waals surface area contributed by atoms with Gasteiger partial charge in [-0.2, -0.15) is 0 Å². The van der Waals surface area contributed by atoms with Gasteiger partial charge in [0.25, 0.3) is 0 Å². The number of aliphatic carboxylic acids is 1. The van der Waals surface area contributed by atoms with E-state index in [0.29, 0.717) is 12.5 Å². The fourth-order valence-electron chi connectivity index (χ4n) is 3.21. The minimum atomic E-state index is -0.748. The van der Waals surface area contributed by atoms with Gasteiger partial charge in [0.15, 0.2) is 5.13 Å². The zero-order chi connectivity index (χ0) is 14.0. The van der Waals surface area contributed by atoms with E-state index in [1.807, 2.05) is 0 Å². The van der Waals surface area contributed by atoms with Crippen molar-refractivity contribution in [2.45, 2.75) is 52.5 Å². The number of carboxylic acid groups (broad SMARTS) is 1. The highest BCUT2D eigenvalue weighted by Crippen LogP contribution is 2.64. The normalized spacial score (nSPS) is 27.1. The summed E-state index contributed by atoms with van der Waals surface area (Å²) in [6.45, 7) is 9.02. The lowest BCUT2D eigenvalue weighted by Crippen LogP contribution is -2.11. The van der Waals surface area contributed by atoms with Crippen LogP contribution in [0.25, 0.3) is 0 Å². The molecule has 4 nitrogen and oxygen atoms in total. The molecule has 1 heterocycles. The predicted molar refractivity (Wildman–Crippen MR) is 75.8 cm³/mol. The van der Waals surface area contributed by atoms with Gasteiger partial charge in [-0.15, -0.1) is 11.3 Å². The molecule has 0 aliphatic heterocycles. The molecule has 104 valence electrons. The van der Waals surface area contributed by atoms with Crippen LogP contribution in [-0.4, -0.2) is 22.1 Å². The van der Waals surface area contributed by atoms with Gasteiger partial charge in [0.05, 0.1) is 5.69 Å². The smallest absolute Gasteiger partial charge is 0.312 e. The summed E-state index contributed by atoms with van der Waals surface area (Å²) in [6.07, 6.45) is 1.55. The Morgan fingerprint density at radius 1 is 1.37 bits per heavy atom. The number of carbonyl (C=O) groups is 1. The van der Waals surface area contributed by atoms with Crippen molar-refractivity contribution in [3.8, 4) is 0 Å². The predicted octanol–water partition coefficient (Wildman–Crippen LogP) is 3.10. The molecular formula is C14H20N2O2S. The third-order valence-corrected chi connectivity index (χ3v) is 6.37. The van der Waals surface area contributed by atoms with Crippen molar-refractivity contribution < 1.29 is 9.90 Å². The summed E-state index contributed by atoms with van der Waals surface area (Å²) >= 11 is 1.63. The summed E-state index contributed by atoms with van der Waals surface area (Å²) in [5, 5.41) is 13.6. The van der Waals surface area contributed by atoms with Gasteiger partial charge >= 0.3 is 5.97 Å². The van der Waals surface area contributed by atoms with Gasteiger partial charge in [0.1, 0.15) is 5.92 Å². The first-order chi connectivity index (χ1) is 8.75. The lowest BCUT2D eigenvalue weighted by Gasteiger charge is -2.05. The third kappa shape index (κ3) is 1.71. The molecule has 0 amide bonds. The van der Waals surface area contributed by atoms with E-state index in [9.17, 15) is 9.90 Å². The summed E-state index contributed by atoms with van der Waals surface area (Å²) < 4.78 is 0. The first kappa shape index (κ1) is 12.9. The highest BCUT2D eigenvalue weighted by Gasteiger charge is 2.65. The summed E-state index contributed by atoms with van der Waals surface area (Å²) in [5.41, 5.74) is 1.31.